The molecule has 2 aliphatic heterocycles. The van der Waals surface area contributed by atoms with Crippen LogP contribution in [0.25, 0.3) is 0 Å². The molecular weight excluding hydrogens is 302 g/mol. The zero-order chi connectivity index (χ0) is 14.7. The lowest BCUT2D eigenvalue weighted by molar-refractivity contribution is -0.146. The summed E-state index contributed by atoms with van der Waals surface area (Å²) < 4.78 is 0. The fourth-order valence-electron chi connectivity index (χ4n) is 3.02. The van der Waals surface area contributed by atoms with Gasteiger partial charge in [-0.2, -0.15) is 5.01 Å². The van der Waals surface area contributed by atoms with Crippen LogP contribution in [0.15, 0.2) is 24.3 Å². The number of carbonyl (C=O) groups excluding carboxylic acids is 2. The molecule has 1 aromatic carbocycles. The molecule has 2 N–H and O–H groups in total. The van der Waals surface area contributed by atoms with Crippen molar-refractivity contribution in [1.29, 1.82) is 0 Å². The monoisotopic (exact) mass is 323 g/mol. The summed E-state index contributed by atoms with van der Waals surface area (Å²) in [6.07, 6.45) is 3.79. The molecule has 6 heteroatoms. The van der Waals surface area contributed by atoms with E-state index in [1.165, 1.54) is 10.6 Å². The van der Waals surface area contributed by atoms with Gasteiger partial charge in [0.15, 0.2) is 0 Å². The third kappa shape index (κ3) is 3.78. The van der Waals surface area contributed by atoms with Crippen LogP contribution in [-0.4, -0.2) is 29.9 Å². The maximum atomic E-state index is 11.8. The van der Waals surface area contributed by atoms with E-state index in [9.17, 15) is 9.59 Å². The quantitative estimate of drug-likeness (QED) is 0.839. The Morgan fingerprint density at radius 1 is 1.09 bits per heavy atom. The van der Waals surface area contributed by atoms with E-state index < -0.39 is 0 Å². The number of imide groups is 1. The Labute approximate surface area is 136 Å². The Kier molecular flexibility index (Phi) is 5.80. The van der Waals surface area contributed by atoms with Crippen molar-refractivity contribution < 1.29 is 9.59 Å². The second-order valence-electron chi connectivity index (χ2n) is 5.74. The van der Waals surface area contributed by atoms with Gasteiger partial charge in [-0.15, -0.1) is 12.4 Å². The lowest BCUT2D eigenvalue weighted by Gasteiger charge is -2.27. The SMILES string of the molecule is Cl.O=C1CCCC(=O)N1Nc1cccc(C2CCNCC2)c1. The van der Waals surface area contributed by atoms with Crippen molar-refractivity contribution in [3.63, 3.8) is 0 Å². The van der Waals surface area contributed by atoms with Crippen molar-refractivity contribution in [3.05, 3.63) is 29.8 Å². The van der Waals surface area contributed by atoms with Crippen LogP contribution in [-0.2, 0) is 9.59 Å². The summed E-state index contributed by atoms with van der Waals surface area (Å²) in [7, 11) is 0. The summed E-state index contributed by atoms with van der Waals surface area (Å²) in [6, 6.07) is 8.07. The van der Waals surface area contributed by atoms with Crippen molar-refractivity contribution in [1.82, 2.24) is 10.3 Å². The standard InChI is InChI=1S/C16H21N3O2.ClH/c20-15-5-2-6-16(21)19(15)18-14-4-1-3-13(11-14)12-7-9-17-10-8-12;/h1,3-4,11-12,17-18H,2,5-10H2;1H. The van der Waals surface area contributed by atoms with Gasteiger partial charge in [0.25, 0.3) is 0 Å². The fraction of sp³-hybridized carbons (Fsp3) is 0.500. The van der Waals surface area contributed by atoms with Crippen molar-refractivity contribution in [2.45, 2.75) is 38.0 Å². The van der Waals surface area contributed by atoms with Gasteiger partial charge in [-0.05, 0) is 56.0 Å². The number of carbonyl (C=O) groups is 2. The Morgan fingerprint density at radius 2 is 1.77 bits per heavy atom. The number of nitrogens with zero attached hydrogens (tertiary/aromatic N) is 1. The number of hydrogen-bond donors (Lipinski definition) is 2. The summed E-state index contributed by atoms with van der Waals surface area (Å²) >= 11 is 0. The first-order chi connectivity index (χ1) is 10.2. The summed E-state index contributed by atoms with van der Waals surface area (Å²) in [5.74, 6) is 0.276. The molecule has 0 bridgehead atoms. The molecule has 0 saturated carbocycles. The van der Waals surface area contributed by atoms with Crippen LogP contribution in [0, 0.1) is 0 Å². The number of anilines is 1. The first-order valence-electron chi connectivity index (χ1n) is 7.67. The van der Waals surface area contributed by atoms with E-state index in [-0.39, 0.29) is 24.2 Å². The van der Waals surface area contributed by atoms with Crippen molar-refractivity contribution in [2.75, 3.05) is 18.5 Å². The van der Waals surface area contributed by atoms with Gasteiger partial charge in [-0.25, -0.2) is 0 Å². The van der Waals surface area contributed by atoms with E-state index in [0.717, 1.165) is 31.6 Å². The molecule has 3 rings (SSSR count). The van der Waals surface area contributed by atoms with Crippen molar-refractivity contribution in [2.24, 2.45) is 0 Å². The predicted molar refractivity (Wildman–Crippen MR) is 87.9 cm³/mol. The molecule has 0 spiro atoms. The Bertz CT molecular complexity index is 528. The molecule has 120 valence electrons. The van der Waals surface area contributed by atoms with Gasteiger partial charge in [0.05, 0.1) is 5.69 Å². The number of hydrazine groups is 1. The Morgan fingerprint density at radius 3 is 2.45 bits per heavy atom. The third-order valence-electron chi connectivity index (χ3n) is 4.22. The minimum atomic E-state index is -0.140. The van der Waals surface area contributed by atoms with Crippen LogP contribution in [0.3, 0.4) is 0 Å². The van der Waals surface area contributed by atoms with Gasteiger partial charge < -0.3 is 5.32 Å². The van der Waals surface area contributed by atoms with Crippen LogP contribution < -0.4 is 10.7 Å². The number of benzene rings is 1. The highest BCUT2D eigenvalue weighted by Gasteiger charge is 2.26. The zero-order valence-corrected chi connectivity index (χ0v) is 13.3. The molecule has 0 radical (unpaired) electrons. The highest BCUT2D eigenvalue weighted by molar-refractivity contribution is 5.98. The third-order valence-corrected chi connectivity index (χ3v) is 4.22. The lowest BCUT2D eigenvalue weighted by Crippen LogP contribution is -2.44. The van der Waals surface area contributed by atoms with Crippen molar-refractivity contribution in [3.8, 4) is 0 Å². The molecule has 2 saturated heterocycles. The number of amides is 2. The maximum absolute atomic E-state index is 11.8. The van der Waals surface area contributed by atoms with E-state index in [1.807, 2.05) is 12.1 Å². The second kappa shape index (κ2) is 7.61. The molecule has 5 nitrogen and oxygen atoms in total. The van der Waals surface area contributed by atoms with Gasteiger partial charge in [0, 0.05) is 12.8 Å². The molecule has 0 aliphatic carbocycles. The molecule has 2 amide bonds. The van der Waals surface area contributed by atoms with Gasteiger partial charge in [0.1, 0.15) is 0 Å². The largest absolute Gasteiger partial charge is 0.317 e. The number of rotatable bonds is 3. The summed E-state index contributed by atoms with van der Waals surface area (Å²) in [5, 5.41) is 4.53. The van der Waals surface area contributed by atoms with Gasteiger partial charge in [-0.1, -0.05) is 12.1 Å². The van der Waals surface area contributed by atoms with Crippen LogP contribution in [0.5, 0.6) is 0 Å². The summed E-state index contributed by atoms with van der Waals surface area (Å²) in [5.41, 5.74) is 5.07. The minimum Gasteiger partial charge on any atom is -0.317 e. The average Bonchev–Trinajstić information content (AvgIpc) is 2.52. The van der Waals surface area contributed by atoms with E-state index in [4.69, 9.17) is 0 Å². The Hall–Kier alpha value is -1.59. The predicted octanol–water partition coefficient (Wildman–Crippen LogP) is 2.44. The van der Waals surface area contributed by atoms with E-state index in [1.54, 1.807) is 0 Å². The van der Waals surface area contributed by atoms with Gasteiger partial charge in [-0.3, -0.25) is 15.0 Å². The number of nitrogens with one attached hydrogen (secondary N) is 2. The highest BCUT2D eigenvalue weighted by Crippen LogP contribution is 2.27. The molecule has 22 heavy (non-hydrogen) atoms. The van der Waals surface area contributed by atoms with E-state index in [2.05, 4.69) is 22.9 Å². The Balaban J connectivity index is 0.00000176. The average molecular weight is 324 g/mol. The number of hydrogen-bond acceptors (Lipinski definition) is 4. The van der Waals surface area contributed by atoms with Gasteiger partial charge >= 0.3 is 0 Å². The second-order valence-corrected chi connectivity index (χ2v) is 5.74. The van der Waals surface area contributed by atoms with Crippen LogP contribution in [0.2, 0.25) is 0 Å². The molecule has 1 aromatic rings. The van der Waals surface area contributed by atoms with Crippen LogP contribution in [0.1, 0.15) is 43.6 Å². The summed E-state index contributed by atoms with van der Waals surface area (Å²) in [6.45, 7) is 2.09. The van der Waals surface area contributed by atoms with E-state index >= 15 is 0 Å². The van der Waals surface area contributed by atoms with Gasteiger partial charge in [0.2, 0.25) is 11.8 Å². The molecule has 0 unspecified atom stereocenters. The summed E-state index contributed by atoms with van der Waals surface area (Å²) in [4.78, 5) is 23.7. The molecule has 0 aromatic heterocycles. The zero-order valence-electron chi connectivity index (χ0n) is 12.5. The maximum Gasteiger partial charge on any atom is 0.248 e. The fourth-order valence-corrected chi connectivity index (χ4v) is 3.02. The minimum absolute atomic E-state index is 0. The lowest BCUT2D eigenvalue weighted by atomic mass is 9.90. The molecule has 2 fully saturated rings. The first-order valence-corrected chi connectivity index (χ1v) is 7.67. The molecular formula is C16H22ClN3O2. The smallest absolute Gasteiger partial charge is 0.248 e. The topological polar surface area (TPSA) is 61.4 Å². The van der Waals surface area contributed by atoms with E-state index in [0.29, 0.717) is 25.2 Å². The van der Waals surface area contributed by atoms with Crippen LogP contribution in [0.4, 0.5) is 5.69 Å². The number of piperidine rings is 2. The molecule has 0 atom stereocenters. The molecule has 2 heterocycles. The highest BCUT2D eigenvalue weighted by atomic mass is 35.5. The first kappa shape index (κ1) is 16.8. The number of halogens is 1. The van der Waals surface area contributed by atoms with Crippen LogP contribution >= 0.6 is 12.4 Å². The molecule has 2 aliphatic rings. The van der Waals surface area contributed by atoms with Crippen molar-refractivity contribution >= 4 is 29.9 Å². The normalized spacial score (nSPS) is 19.7.